The fraction of sp³-hybridized carbons (Fsp3) is 0.214. The van der Waals surface area contributed by atoms with Crippen molar-refractivity contribution in [2.75, 3.05) is 5.75 Å². The number of hydrogen-bond donors (Lipinski definition) is 2. The highest BCUT2D eigenvalue weighted by Gasteiger charge is 2.12. The fourth-order valence-corrected chi connectivity index (χ4v) is 2.39. The molecule has 7 heteroatoms. The largest absolute Gasteiger partial charge is 0.477 e. The minimum Gasteiger partial charge on any atom is -0.477 e. The normalized spacial score (nSPS) is 11.9. The summed E-state index contributed by atoms with van der Waals surface area (Å²) >= 11 is 1.25. The second-order valence-corrected chi connectivity index (χ2v) is 5.32. The van der Waals surface area contributed by atoms with Crippen molar-refractivity contribution in [2.24, 2.45) is 0 Å². The number of pyridine rings is 1. The van der Waals surface area contributed by atoms with Crippen molar-refractivity contribution in [1.29, 1.82) is 0 Å². The van der Waals surface area contributed by atoms with Crippen LogP contribution in [-0.4, -0.2) is 27.7 Å². The van der Waals surface area contributed by atoms with Crippen LogP contribution in [0, 0.1) is 0 Å². The van der Waals surface area contributed by atoms with Gasteiger partial charge < -0.3 is 14.8 Å². The number of rotatable bonds is 6. The van der Waals surface area contributed by atoms with Crippen LogP contribution in [0.3, 0.4) is 0 Å². The van der Waals surface area contributed by atoms with Crippen LogP contribution in [0.1, 0.15) is 29.2 Å². The molecule has 2 N–H and O–H groups in total. The van der Waals surface area contributed by atoms with E-state index in [1.54, 1.807) is 24.5 Å². The van der Waals surface area contributed by atoms with Gasteiger partial charge in [-0.2, -0.15) is 0 Å². The van der Waals surface area contributed by atoms with Crippen LogP contribution in [0.5, 0.6) is 0 Å². The third kappa shape index (κ3) is 4.35. The summed E-state index contributed by atoms with van der Waals surface area (Å²) in [6, 6.07) is 6.45. The Bertz CT molecular complexity index is 628. The predicted molar refractivity (Wildman–Crippen MR) is 77.2 cm³/mol. The van der Waals surface area contributed by atoms with Crippen molar-refractivity contribution in [3.05, 3.63) is 48.2 Å². The Morgan fingerprint density at radius 1 is 1.48 bits per heavy atom. The maximum atomic E-state index is 11.8. The van der Waals surface area contributed by atoms with E-state index in [1.165, 1.54) is 24.0 Å². The minimum atomic E-state index is -1.09. The summed E-state index contributed by atoms with van der Waals surface area (Å²) in [6.07, 6.45) is 2.96. The van der Waals surface area contributed by atoms with Gasteiger partial charge >= 0.3 is 5.97 Å². The molecule has 1 atom stereocenters. The van der Waals surface area contributed by atoms with Gasteiger partial charge in [-0.05, 0) is 31.2 Å². The average molecular weight is 306 g/mol. The van der Waals surface area contributed by atoms with E-state index < -0.39 is 5.97 Å². The van der Waals surface area contributed by atoms with E-state index >= 15 is 0 Å². The van der Waals surface area contributed by atoms with Gasteiger partial charge in [0.15, 0.2) is 0 Å². The molecule has 6 nitrogen and oxygen atoms in total. The second-order valence-electron chi connectivity index (χ2n) is 4.28. The summed E-state index contributed by atoms with van der Waals surface area (Å²) in [5.74, 6) is -0.370. The standard InChI is InChI=1S/C14H14N2O4S/c1-9(12-3-2-6-20-12)16-13(17)8-21-10-4-5-15-11(7-10)14(18)19/h2-7,9H,8H2,1H3,(H,16,17)(H,18,19). The predicted octanol–water partition coefficient (Wildman–Crippen LogP) is 2.34. The van der Waals surface area contributed by atoms with Gasteiger partial charge in [-0.1, -0.05) is 0 Å². The summed E-state index contributed by atoms with van der Waals surface area (Å²) in [5, 5.41) is 11.7. The first-order valence-electron chi connectivity index (χ1n) is 6.21. The Labute approximate surface area is 125 Å². The molecule has 1 amide bonds. The Morgan fingerprint density at radius 3 is 2.95 bits per heavy atom. The van der Waals surface area contributed by atoms with Crippen LogP contribution < -0.4 is 5.32 Å². The topological polar surface area (TPSA) is 92.4 Å². The molecule has 0 spiro atoms. The molecule has 0 aromatic carbocycles. The lowest BCUT2D eigenvalue weighted by molar-refractivity contribution is -0.119. The molecule has 2 aromatic rings. The van der Waals surface area contributed by atoms with Gasteiger partial charge in [-0.25, -0.2) is 9.78 Å². The molecule has 110 valence electrons. The lowest BCUT2D eigenvalue weighted by Crippen LogP contribution is -2.27. The monoisotopic (exact) mass is 306 g/mol. The SMILES string of the molecule is CC(NC(=O)CSc1ccnc(C(=O)O)c1)c1ccco1. The van der Waals surface area contributed by atoms with E-state index in [4.69, 9.17) is 9.52 Å². The molecule has 0 bridgehead atoms. The number of amides is 1. The van der Waals surface area contributed by atoms with Crippen LogP contribution in [0.15, 0.2) is 46.0 Å². The number of nitrogens with zero attached hydrogens (tertiary/aromatic N) is 1. The van der Waals surface area contributed by atoms with Crippen LogP contribution in [-0.2, 0) is 4.79 Å². The molecular weight excluding hydrogens is 292 g/mol. The number of furan rings is 1. The highest BCUT2D eigenvalue weighted by molar-refractivity contribution is 8.00. The average Bonchev–Trinajstić information content (AvgIpc) is 2.99. The molecule has 0 aliphatic carbocycles. The van der Waals surface area contributed by atoms with E-state index in [-0.39, 0.29) is 23.4 Å². The molecule has 0 saturated carbocycles. The summed E-state index contributed by atoms with van der Waals surface area (Å²) < 4.78 is 5.21. The van der Waals surface area contributed by atoms with Crippen LogP contribution in [0.4, 0.5) is 0 Å². The number of nitrogens with one attached hydrogen (secondary N) is 1. The number of aromatic carboxylic acids is 1. The molecule has 2 rings (SSSR count). The van der Waals surface area contributed by atoms with Gasteiger partial charge in [0, 0.05) is 11.1 Å². The Morgan fingerprint density at radius 2 is 2.29 bits per heavy atom. The Balaban J connectivity index is 1.86. The molecule has 0 aliphatic rings. The molecule has 0 saturated heterocycles. The number of hydrogen-bond acceptors (Lipinski definition) is 5. The highest BCUT2D eigenvalue weighted by atomic mass is 32.2. The summed E-state index contributed by atoms with van der Waals surface area (Å²) in [4.78, 5) is 27.0. The van der Waals surface area contributed by atoms with Crippen molar-refractivity contribution >= 4 is 23.6 Å². The molecule has 0 fully saturated rings. The molecular formula is C14H14N2O4S. The molecule has 2 aromatic heterocycles. The number of thioether (sulfide) groups is 1. The first kappa shape index (κ1) is 15.1. The lowest BCUT2D eigenvalue weighted by Gasteiger charge is -2.11. The van der Waals surface area contributed by atoms with Crippen LogP contribution in [0.2, 0.25) is 0 Å². The number of carbonyl (C=O) groups is 2. The van der Waals surface area contributed by atoms with E-state index in [1.807, 2.05) is 6.92 Å². The number of carboxylic acid groups (broad SMARTS) is 1. The second kappa shape index (κ2) is 6.94. The number of aromatic nitrogens is 1. The summed E-state index contributed by atoms with van der Waals surface area (Å²) in [6.45, 7) is 1.83. The van der Waals surface area contributed by atoms with Crippen LogP contribution >= 0.6 is 11.8 Å². The van der Waals surface area contributed by atoms with Gasteiger partial charge in [0.1, 0.15) is 11.5 Å². The lowest BCUT2D eigenvalue weighted by atomic mass is 10.2. The van der Waals surface area contributed by atoms with Crippen molar-refractivity contribution in [1.82, 2.24) is 10.3 Å². The molecule has 0 aliphatic heterocycles. The Kier molecular flexibility index (Phi) is 4.99. The molecule has 1 unspecified atom stereocenters. The first-order valence-corrected chi connectivity index (χ1v) is 7.19. The van der Waals surface area contributed by atoms with E-state index in [2.05, 4.69) is 10.3 Å². The first-order chi connectivity index (χ1) is 10.1. The number of carboxylic acids is 1. The van der Waals surface area contributed by atoms with Crippen LogP contribution in [0.25, 0.3) is 0 Å². The smallest absolute Gasteiger partial charge is 0.354 e. The van der Waals surface area contributed by atoms with Crippen molar-refractivity contribution < 1.29 is 19.1 Å². The Hall–Kier alpha value is -2.28. The minimum absolute atomic E-state index is 0.0376. The van der Waals surface area contributed by atoms with Crippen molar-refractivity contribution in [3.8, 4) is 0 Å². The zero-order valence-electron chi connectivity index (χ0n) is 11.3. The van der Waals surface area contributed by atoms with Gasteiger partial charge in [0.2, 0.25) is 5.91 Å². The zero-order valence-corrected chi connectivity index (χ0v) is 12.1. The maximum Gasteiger partial charge on any atom is 0.354 e. The van der Waals surface area contributed by atoms with Gasteiger partial charge in [0.05, 0.1) is 18.1 Å². The molecule has 21 heavy (non-hydrogen) atoms. The van der Waals surface area contributed by atoms with E-state index in [0.717, 1.165) is 0 Å². The van der Waals surface area contributed by atoms with Gasteiger partial charge in [0.25, 0.3) is 0 Å². The van der Waals surface area contributed by atoms with Gasteiger partial charge in [-0.3, -0.25) is 4.79 Å². The van der Waals surface area contributed by atoms with E-state index in [9.17, 15) is 9.59 Å². The summed E-state index contributed by atoms with van der Waals surface area (Å²) in [5.41, 5.74) is -0.0376. The summed E-state index contributed by atoms with van der Waals surface area (Å²) in [7, 11) is 0. The quantitative estimate of drug-likeness (QED) is 0.796. The third-order valence-corrected chi connectivity index (χ3v) is 3.66. The van der Waals surface area contributed by atoms with Crippen molar-refractivity contribution in [2.45, 2.75) is 17.9 Å². The molecule has 0 radical (unpaired) electrons. The van der Waals surface area contributed by atoms with Gasteiger partial charge in [-0.15, -0.1) is 11.8 Å². The molecule has 2 heterocycles. The van der Waals surface area contributed by atoms with Crippen molar-refractivity contribution in [3.63, 3.8) is 0 Å². The fourth-order valence-electron chi connectivity index (χ4n) is 1.66. The maximum absolute atomic E-state index is 11.8. The third-order valence-electron chi connectivity index (χ3n) is 2.67. The number of carbonyl (C=O) groups excluding carboxylic acids is 1. The highest BCUT2D eigenvalue weighted by Crippen LogP contribution is 2.18. The zero-order chi connectivity index (χ0) is 15.2. The van der Waals surface area contributed by atoms with E-state index in [0.29, 0.717) is 10.7 Å².